The van der Waals surface area contributed by atoms with Crippen molar-refractivity contribution in [3.05, 3.63) is 0 Å². The van der Waals surface area contributed by atoms with Gasteiger partial charge in [0.15, 0.2) is 0 Å². The van der Waals surface area contributed by atoms with Gasteiger partial charge in [0, 0.05) is 12.6 Å². The molecule has 0 aromatic rings. The summed E-state index contributed by atoms with van der Waals surface area (Å²) in [5.74, 6) is 0. The van der Waals surface area contributed by atoms with Crippen LogP contribution in [-0.4, -0.2) is 38.5 Å². The van der Waals surface area contributed by atoms with E-state index >= 15 is 0 Å². The summed E-state index contributed by atoms with van der Waals surface area (Å²) < 4.78 is 11.3. The summed E-state index contributed by atoms with van der Waals surface area (Å²) in [6, 6.07) is 0.487. The Labute approximate surface area is 107 Å². The van der Waals surface area contributed by atoms with Crippen LogP contribution in [0.15, 0.2) is 0 Å². The van der Waals surface area contributed by atoms with E-state index in [9.17, 15) is 0 Å². The zero-order valence-electron chi connectivity index (χ0n) is 12.1. The topological polar surface area (TPSA) is 30.5 Å². The summed E-state index contributed by atoms with van der Waals surface area (Å²) >= 11 is 0. The first kappa shape index (κ1) is 16.9. The van der Waals surface area contributed by atoms with Gasteiger partial charge in [0.05, 0.1) is 19.3 Å². The lowest BCUT2D eigenvalue weighted by atomic mass is 10.0. The van der Waals surface area contributed by atoms with Crippen LogP contribution in [0.4, 0.5) is 0 Å². The predicted molar refractivity (Wildman–Crippen MR) is 73.5 cm³/mol. The third-order valence-corrected chi connectivity index (χ3v) is 2.83. The van der Waals surface area contributed by atoms with E-state index in [0.717, 1.165) is 32.6 Å². The average Bonchev–Trinajstić information content (AvgIpc) is 2.34. The number of likely N-dealkylation sites (N-methyl/N-ethyl adjacent to an activating group) is 1. The fourth-order valence-electron chi connectivity index (χ4n) is 2.02. The molecule has 0 aliphatic carbocycles. The molecule has 0 spiro atoms. The van der Waals surface area contributed by atoms with E-state index in [-0.39, 0.29) is 0 Å². The number of hydrogen-bond acceptors (Lipinski definition) is 3. The average molecular weight is 245 g/mol. The van der Waals surface area contributed by atoms with E-state index in [1.807, 2.05) is 0 Å². The molecular weight excluding hydrogens is 214 g/mol. The molecule has 0 aliphatic rings. The third kappa shape index (κ3) is 8.58. The molecule has 0 heterocycles. The molecule has 0 radical (unpaired) electrons. The van der Waals surface area contributed by atoms with E-state index in [1.54, 1.807) is 0 Å². The van der Waals surface area contributed by atoms with Crippen LogP contribution in [0.25, 0.3) is 0 Å². The zero-order chi connectivity index (χ0) is 12.9. The van der Waals surface area contributed by atoms with Crippen molar-refractivity contribution in [3.8, 4) is 0 Å². The van der Waals surface area contributed by atoms with Gasteiger partial charge < -0.3 is 14.8 Å². The van der Waals surface area contributed by atoms with Crippen LogP contribution in [0.1, 0.15) is 53.4 Å². The Kier molecular flexibility index (Phi) is 12.3. The number of nitrogens with one attached hydrogen (secondary N) is 1. The Bertz CT molecular complexity index is 147. The van der Waals surface area contributed by atoms with Crippen molar-refractivity contribution in [1.82, 2.24) is 5.32 Å². The summed E-state index contributed by atoms with van der Waals surface area (Å²) in [4.78, 5) is 0. The van der Waals surface area contributed by atoms with Gasteiger partial charge in [-0.15, -0.1) is 0 Å². The Morgan fingerprint density at radius 1 is 0.941 bits per heavy atom. The molecule has 1 N–H and O–H groups in total. The van der Waals surface area contributed by atoms with Crippen molar-refractivity contribution < 1.29 is 9.47 Å². The lowest BCUT2D eigenvalue weighted by molar-refractivity contribution is -0.0142. The first-order valence-electron chi connectivity index (χ1n) is 7.22. The molecule has 104 valence electrons. The third-order valence-electron chi connectivity index (χ3n) is 2.83. The summed E-state index contributed by atoms with van der Waals surface area (Å²) in [6.07, 6.45) is 4.84. The largest absolute Gasteiger partial charge is 0.379 e. The van der Waals surface area contributed by atoms with Crippen molar-refractivity contribution in [2.24, 2.45) is 0 Å². The Morgan fingerprint density at radius 2 is 1.71 bits per heavy atom. The van der Waals surface area contributed by atoms with Crippen molar-refractivity contribution in [2.75, 3.05) is 26.4 Å². The second-order valence-corrected chi connectivity index (χ2v) is 4.38. The van der Waals surface area contributed by atoms with E-state index < -0.39 is 0 Å². The van der Waals surface area contributed by atoms with Gasteiger partial charge in [0.1, 0.15) is 0 Å². The highest BCUT2D eigenvalue weighted by Crippen LogP contribution is 2.10. The van der Waals surface area contributed by atoms with Crippen molar-refractivity contribution in [2.45, 2.75) is 65.5 Å². The first-order valence-corrected chi connectivity index (χ1v) is 7.22. The van der Waals surface area contributed by atoms with Crippen LogP contribution in [0.3, 0.4) is 0 Å². The molecule has 0 fully saturated rings. The standard InChI is InChI=1S/C14H31NO2/c1-5-9-13(15-8-4)14(7-3)17-12-11-16-10-6-2/h13-15H,5-12H2,1-4H3. The summed E-state index contributed by atoms with van der Waals surface area (Å²) in [6.45, 7) is 12.0. The SMILES string of the molecule is CCCOCCOC(CC)C(CCC)NCC. The molecule has 3 nitrogen and oxygen atoms in total. The highest BCUT2D eigenvalue weighted by atomic mass is 16.5. The van der Waals surface area contributed by atoms with Crippen LogP contribution in [-0.2, 0) is 9.47 Å². The fraction of sp³-hybridized carbons (Fsp3) is 1.00. The number of rotatable bonds is 12. The summed E-state index contributed by atoms with van der Waals surface area (Å²) in [7, 11) is 0. The van der Waals surface area contributed by atoms with Crippen LogP contribution in [0.2, 0.25) is 0 Å². The molecular formula is C14H31NO2. The molecule has 0 aromatic carbocycles. The molecule has 0 rings (SSSR count). The Hall–Kier alpha value is -0.120. The molecule has 0 amide bonds. The highest BCUT2D eigenvalue weighted by Gasteiger charge is 2.18. The summed E-state index contributed by atoms with van der Waals surface area (Å²) in [5, 5.41) is 3.52. The van der Waals surface area contributed by atoms with Gasteiger partial charge in [-0.05, 0) is 25.8 Å². The van der Waals surface area contributed by atoms with E-state index in [4.69, 9.17) is 9.47 Å². The van der Waals surface area contributed by atoms with E-state index in [1.165, 1.54) is 12.8 Å². The zero-order valence-corrected chi connectivity index (χ0v) is 12.1. The molecule has 2 atom stereocenters. The van der Waals surface area contributed by atoms with Gasteiger partial charge in [0.25, 0.3) is 0 Å². The maximum Gasteiger partial charge on any atom is 0.0726 e. The molecule has 0 bridgehead atoms. The molecule has 2 unspecified atom stereocenters. The minimum atomic E-state index is 0.320. The van der Waals surface area contributed by atoms with Crippen LogP contribution in [0, 0.1) is 0 Å². The Balaban J connectivity index is 3.83. The van der Waals surface area contributed by atoms with Crippen LogP contribution < -0.4 is 5.32 Å². The predicted octanol–water partition coefficient (Wildman–Crippen LogP) is 2.99. The quantitative estimate of drug-likeness (QED) is 0.536. The van der Waals surface area contributed by atoms with Crippen molar-refractivity contribution >= 4 is 0 Å². The van der Waals surface area contributed by atoms with E-state index in [2.05, 4.69) is 33.0 Å². The fourth-order valence-corrected chi connectivity index (χ4v) is 2.02. The van der Waals surface area contributed by atoms with Gasteiger partial charge in [-0.2, -0.15) is 0 Å². The van der Waals surface area contributed by atoms with Gasteiger partial charge >= 0.3 is 0 Å². The monoisotopic (exact) mass is 245 g/mol. The lowest BCUT2D eigenvalue weighted by Crippen LogP contribution is -2.41. The van der Waals surface area contributed by atoms with Crippen molar-refractivity contribution in [3.63, 3.8) is 0 Å². The van der Waals surface area contributed by atoms with Gasteiger partial charge in [0.2, 0.25) is 0 Å². The molecule has 0 aliphatic heterocycles. The van der Waals surface area contributed by atoms with Gasteiger partial charge in [-0.3, -0.25) is 0 Å². The molecule has 17 heavy (non-hydrogen) atoms. The number of ether oxygens (including phenoxy) is 2. The minimum absolute atomic E-state index is 0.320. The maximum atomic E-state index is 5.92. The molecule has 3 heteroatoms. The van der Waals surface area contributed by atoms with E-state index in [0.29, 0.717) is 18.8 Å². The molecule has 0 saturated heterocycles. The van der Waals surface area contributed by atoms with Crippen molar-refractivity contribution in [1.29, 1.82) is 0 Å². The Morgan fingerprint density at radius 3 is 2.24 bits per heavy atom. The lowest BCUT2D eigenvalue weighted by Gasteiger charge is -2.27. The van der Waals surface area contributed by atoms with Gasteiger partial charge in [-0.25, -0.2) is 0 Å². The van der Waals surface area contributed by atoms with Crippen LogP contribution in [0.5, 0.6) is 0 Å². The van der Waals surface area contributed by atoms with Crippen LogP contribution >= 0.6 is 0 Å². The smallest absolute Gasteiger partial charge is 0.0726 e. The highest BCUT2D eigenvalue weighted by molar-refractivity contribution is 4.75. The number of hydrogen-bond donors (Lipinski definition) is 1. The maximum absolute atomic E-state index is 5.92. The summed E-state index contributed by atoms with van der Waals surface area (Å²) in [5.41, 5.74) is 0. The second kappa shape index (κ2) is 12.3. The molecule has 0 aromatic heterocycles. The first-order chi connectivity index (χ1) is 8.29. The second-order valence-electron chi connectivity index (χ2n) is 4.38. The van der Waals surface area contributed by atoms with Gasteiger partial charge in [-0.1, -0.05) is 34.1 Å². The molecule has 0 saturated carbocycles. The normalized spacial score (nSPS) is 14.8. The minimum Gasteiger partial charge on any atom is -0.379 e.